The summed E-state index contributed by atoms with van der Waals surface area (Å²) in [6.07, 6.45) is 0. The molecule has 0 bridgehead atoms. The van der Waals surface area contributed by atoms with Gasteiger partial charge >= 0.3 is 0 Å². The zero-order valence-electron chi connectivity index (χ0n) is 14.4. The van der Waals surface area contributed by atoms with Crippen LogP contribution in [0.1, 0.15) is 27.0 Å². The fraction of sp³-hybridized carbons (Fsp3) is 0.0952. The minimum Gasteiger partial charge on any atom is -0.397 e. The summed E-state index contributed by atoms with van der Waals surface area (Å²) in [7, 11) is 0. The molecular formula is C21H18BrClN2O. The van der Waals surface area contributed by atoms with Gasteiger partial charge in [0.1, 0.15) is 0 Å². The van der Waals surface area contributed by atoms with Gasteiger partial charge in [0.15, 0.2) is 5.78 Å². The van der Waals surface area contributed by atoms with Gasteiger partial charge in [-0.2, -0.15) is 0 Å². The van der Waals surface area contributed by atoms with Crippen molar-refractivity contribution >= 4 is 50.4 Å². The van der Waals surface area contributed by atoms with E-state index in [9.17, 15) is 4.79 Å². The summed E-state index contributed by atoms with van der Waals surface area (Å²) in [6, 6.07) is 16.7. The van der Waals surface area contributed by atoms with E-state index in [2.05, 4.69) is 21.2 Å². The molecular weight excluding hydrogens is 412 g/mol. The Balaban J connectivity index is 1.90. The van der Waals surface area contributed by atoms with Crippen LogP contribution in [-0.4, -0.2) is 5.78 Å². The molecule has 3 rings (SSSR count). The summed E-state index contributed by atoms with van der Waals surface area (Å²) >= 11 is 9.78. The van der Waals surface area contributed by atoms with Crippen LogP contribution in [0.5, 0.6) is 0 Å². The van der Waals surface area contributed by atoms with Gasteiger partial charge in [-0.05, 0) is 61.9 Å². The largest absolute Gasteiger partial charge is 0.397 e. The highest BCUT2D eigenvalue weighted by atomic mass is 79.9. The van der Waals surface area contributed by atoms with Crippen LogP contribution < -0.4 is 11.1 Å². The van der Waals surface area contributed by atoms with Gasteiger partial charge in [-0.15, -0.1) is 0 Å². The van der Waals surface area contributed by atoms with Crippen molar-refractivity contribution in [2.24, 2.45) is 0 Å². The summed E-state index contributed by atoms with van der Waals surface area (Å²) in [5.74, 6) is -0.0779. The highest BCUT2D eigenvalue weighted by Gasteiger charge is 2.16. The Labute approximate surface area is 166 Å². The van der Waals surface area contributed by atoms with Gasteiger partial charge in [-0.1, -0.05) is 45.2 Å². The van der Waals surface area contributed by atoms with Gasteiger partial charge in [-0.25, -0.2) is 0 Å². The number of carbonyl (C=O) groups is 1. The van der Waals surface area contributed by atoms with Gasteiger partial charge in [-0.3, -0.25) is 4.79 Å². The maximum absolute atomic E-state index is 12.9. The van der Waals surface area contributed by atoms with E-state index in [0.29, 0.717) is 21.8 Å². The smallest absolute Gasteiger partial charge is 0.194 e. The number of carbonyl (C=O) groups excluding carboxylic acids is 1. The molecule has 3 aromatic rings. The molecule has 0 unspecified atom stereocenters. The van der Waals surface area contributed by atoms with Crippen LogP contribution in [0.15, 0.2) is 59.1 Å². The fourth-order valence-corrected chi connectivity index (χ4v) is 3.35. The molecule has 0 amide bonds. The minimum atomic E-state index is -0.0779. The third-order valence-corrected chi connectivity index (χ3v) is 4.95. The van der Waals surface area contributed by atoms with Crippen LogP contribution in [-0.2, 0) is 0 Å². The molecule has 132 valence electrons. The Bertz CT molecular complexity index is 1000. The first-order valence-corrected chi connectivity index (χ1v) is 9.26. The zero-order valence-corrected chi connectivity index (χ0v) is 16.8. The van der Waals surface area contributed by atoms with E-state index in [1.807, 2.05) is 56.3 Å². The Morgan fingerprint density at radius 1 is 1.00 bits per heavy atom. The SMILES string of the molecule is Cc1ccc(C)c(C(=O)c2ccc(Nc3ccc(Br)cc3N)cc2Cl)c1. The molecule has 5 heteroatoms. The molecule has 0 spiro atoms. The molecule has 26 heavy (non-hydrogen) atoms. The van der Waals surface area contributed by atoms with Gasteiger partial charge in [0.25, 0.3) is 0 Å². The number of hydrogen-bond acceptors (Lipinski definition) is 3. The van der Waals surface area contributed by atoms with E-state index in [-0.39, 0.29) is 5.78 Å². The monoisotopic (exact) mass is 428 g/mol. The number of nitrogens with two attached hydrogens (primary N) is 1. The number of benzene rings is 3. The van der Waals surface area contributed by atoms with Crippen molar-refractivity contribution in [2.75, 3.05) is 11.1 Å². The highest BCUT2D eigenvalue weighted by molar-refractivity contribution is 9.10. The number of aryl methyl sites for hydroxylation is 2. The third-order valence-electron chi connectivity index (χ3n) is 4.14. The number of halogens is 2. The minimum absolute atomic E-state index is 0.0779. The Morgan fingerprint density at radius 2 is 1.77 bits per heavy atom. The van der Waals surface area contributed by atoms with Crippen LogP contribution >= 0.6 is 27.5 Å². The van der Waals surface area contributed by atoms with Crippen molar-refractivity contribution in [3.8, 4) is 0 Å². The Hall–Kier alpha value is -2.30. The zero-order chi connectivity index (χ0) is 18.8. The van der Waals surface area contributed by atoms with E-state index < -0.39 is 0 Å². The van der Waals surface area contributed by atoms with E-state index in [0.717, 1.165) is 27.0 Å². The predicted octanol–water partition coefficient (Wildman–Crippen LogP) is 6.28. The predicted molar refractivity (Wildman–Crippen MR) is 113 cm³/mol. The summed E-state index contributed by atoms with van der Waals surface area (Å²) in [5.41, 5.74) is 11.3. The summed E-state index contributed by atoms with van der Waals surface area (Å²) in [6.45, 7) is 3.89. The lowest BCUT2D eigenvalue weighted by atomic mass is 9.97. The molecule has 0 heterocycles. The van der Waals surface area contributed by atoms with Crippen LogP contribution in [0, 0.1) is 13.8 Å². The lowest BCUT2D eigenvalue weighted by Gasteiger charge is -2.12. The van der Waals surface area contributed by atoms with Crippen molar-refractivity contribution in [2.45, 2.75) is 13.8 Å². The van der Waals surface area contributed by atoms with Crippen LogP contribution in [0.25, 0.3) is 0 Å². The van der Waals surface area contributed by atoms with Crippen LogP contribution in [0.4, 0.5) is 17.1 Å². The van der Waals surface area contributed by atoms with E-state index in [1.165, 1.54) is 0 Å². The van der Waals surface area contributed by atoms with E-state index in [1.54, 1.807) is 12.1 Å². The average molecular weight is 430 g/mol. The molecule has 3 nitrogen and oxygen atoms in total. The third kappa shape index (κ3) is 3.92. The second-order valence-electron chi connectivity index (χ2n) is 6.20. The quantitative estimate of drug-likeness (QED) is 0.379. The molecule has 0 saturated carbocycles. The Morgan fingerprint density at radius 3 is 2.46 bits per heavy atom. The van der Waals surface area contributed by atoms with Gasteiger partial charge in [0.05, 0.1) is 16.4 Å². The number of ketones is 1. The van der Waals surface area contributed by atoms with Gasteiger partial charge in [0, 0.05) is 21.3 Å². The summed E-state index contributed by atoms with van der Waals surface area (Å²) in [5, 5.41) is 3.62. The van der Waals surface area contributed by atoms with E-state index in [4.69, 9.17) is 17.3 Å². The Kier molecular flexibility index (Phi) is 5.35. The second-order valence-corrected chi connectivity index (χ2v) is 7.52. The molecule has 0 aliphatic carbocycles. The maximum Gasteiger partial charge on any atom is 0.194 e. The number of nitrogen functional groups attached to an aromatic ring is 1. The number of rotatable bonds is 4. The lowest BCUT2D eigenvalue weighted by molar-refractivity contribution is 0.103. The molecule has 0 aliphatic rings. The first-order chi connectivity index (χ1) is 12.3. The van der Waals surface area contributed by atoms with Crippen molar-refractivity contribution in [3.05, 3.63) is 86.3 Å². The lowest BCUT2D eigenvalue weighted by Crippen LogP contribution is -2.05. The molecule has 0 aliphatic heterocycles. The van der Waals surface area contributed by atoms with Crippen LogP contribution in [0.3, 0.4) is 0 Å². The molecule has 0 fully saturated rings. The maximum atomic E-state index is 12.9. The number of nitrogens with one attached hydrogen (secondary N) is 1. The highest BCUT2D eigenvalue weighted by Crippen LogP contribution is 2.30. The van der Waals surface area contributed by atoms with Crippen LogP contribution in [0.2, 0.25) is 5.02 Å². The normalized spacial score (nSPS) is 10.6. The molecule has 0 aromatic heterocycles. The topological polar surface area (TPSA) is 55.1 Å². The standard InChI is InChI=1S/C21H18BrClN2O/c1-12-3-4-13(2)17(9-12)21(26)16-7-6-15(11-18(16)23)25-20-8-5-14(22)10-19(20)24/h3-11,25H,24H2,1-2H3. The first kappa shape index (κ1) is 18.5. The van der Waals surface area contributed by atoms with Crippen molar-refractivity contribution in [1.82, 2.24) is 0 Å². The molecule has 0 saturated heterocycles. The average Bonchev–Trinajstić information content (AvgIpc) is 2.59. The molecule has 3 N–H and O–H groups in total. The summed E-state index contributed by atoms with van der Waals surface area (Å²) < 4.78 is 0.910. The molecule has 0 radical (unpaired) electrons. The number of hydrogen-bond donors (Lipinski definition) is 2. The first-order valence-electron chi connectivity index (χ1n) is 8.08. The molecule has 0 atom stereocenters. The van der Waals surface area contributed by atoms with Gasteiger partial charge in [0.2, 0.25) is 0 Å². The number of anilines is 3. The van der Waals surface area contributed by atoms with Crippen molar-refractivity contribution in [1.29, 1.82) is 0 Å². The van der Waals surface area contributed by atoms with Crippen molar-refractivity contribution < 1.29 is 4.79 Å². The van der Waals surface area contributed by atoms with E-state index >= 15 is 0 Å². The fourth-order valence-electron chi connectivity index (χ4n) is 2.71. The second kappa shape index (κ2) is 7.52. The summed E-state index contributed by atoms with van der Waals surface area (Å²) in [4.78, 5) is 12.9. The molecule has 3 aromatic carbocycles. The van der Waals surface area contributed by atoms with Gasteiger partial charge < -0.3 is 11.1 Å². The van der Waals surface area contributed by atoms with Crippen molar-refractivity contribution in [3.63, 3.8) is 0 Å².